The molecule has 0 aliphatic carbocycles. The first-order chi connectivity index (χ1) is 12.5. The molecule has 0 aromatic heterocycles. The number of hydrogen-bond donors (Lipinski definition) is 2. The molecule has 3 rings (SSSR count). The number of amides is 4. The van der Waals surface area contributed by atoms with Gasteiger partial charge in [-0.05, 0) is 24.8 Å². The minimum atomic E-state index is -1.04. The third kappa shape index (κ3) is 3.58. The second kappa shape index (κ2) is 7.63. The summed E-state index contributed by atoms with van der Waals surface area (Å²) in [5.74, 6) is -0.521. The molecule has 2 saturated heterocycles. The van der Waals surface area contributed by atoms with Gasteiger partial charge in [0.25, 0.3) is 0 Å². The van der Waals surface area contributed by atoms with Crippen LogP contribution in [-0.4, -0.2) is 59.5 Å². The van der Waals surface area contributed by atoms with E-state index >= 15 is 0 Å². The Bertz CT molecular complexity index is 671. The molecular formula is C18H24N4O4. The van der Waals surface area contributed by atoms with Crippen molar-refractivity contribution in [2.75, 3.05) is 26.2 Å². The first-order valence-electron chi connectivity index (χ1n) is 8.84. The fourth-order valence-electron chi connectivity index (χ4n) is 3.56. The standard InChI is InChI=1S/C18H24N4O4/c19-15(23)18(22-10-4-9-20-16(22)24)7-11-21(12-8-18)17(25)26-13-14-5-2-1-3-6-14/h1-3,5-6H,4,7-13H2,(H2,19,23)(H,20,24). The van der Waals surface area contributed by atoms with E-state index in [2.05, 4.69) is 5.32 Å². The number of rotatable bonds is 4. The molecule has 0 bridgehead atoms. The molecule has 0 unspecified atom stereocenters. The predicted octanol–water partition coefficient (Wildman–Crippen LogP) is 1.06. The zero-order chi connectivity index (χ0) is 18.6. The van der Waals surface area contributed by atoms with E-state index < -0.39 is 17.5 Å². The molecule has 4 amide bonds. The van der Waals surface area contributed by atoms with Crippen molar-refractivity contribution < 1.29 is 19.1 Å². The molecule has 26 heavy (non-hydrogen) atoms. The number of urea groups is 1. The van der Waals surface area contributed by atoms with Crippen molar-refractivity contribution in [1.29, 1.82) is 0 Å². The third-order valence-corrected chi connectivity index (χ3v) is 5.11. The van der Waals surface area contributed by atoms with Gasteiger partial charge in [-0.15, -0.1) is 0 Å². The number of carbonyl (C=O) groups is 3. The number of piperidine rings is 1. The van der Waals surface area contributed by atoms with Gasteiger partial charge >= 0.3 is 12.1 Å². The van der Waals surface area contributed by atoms with E-state index in [1.54, 1.807) is 4.90 Å². The molecule has 2 fully saturated rings. The zero-order valence-corrected chi connectivity index (χ0v) is 14.6. The van der Waals surface area contributed by atoms with E-state index in [0.717, 1.165) is 12.0 Å². The number of carbonyl (C=O) groups excluding carboxylic acids is 3. The van der Waals surface area contributed by atoms with Crippen LogP contribution in [0.2, 0.25) is 0 Å². The number of nitrogens with two attached hydrogens (primary N) is 1. The molecule has 2 heterocycles. The summed E-state index contributed by atoms with van der Waals surface area (Å²) in [4.78, 5) is 39.7. The lowest BCUT2D eigenvalue weighted by atomic mass is 9.84. The number of hydrogen-bond acceptors (Lipinski definition) is 4. The van der Waals surface area contributed by atoms with Gasteiger partial charge < -0.3 is 25.6 Å². The van der Waals surface area contributed by atoms with Gasteiger partial charge in [0.1, 0.15) is 12.1 Å². The number of ether oxygens (including phenoxy) is 1. The second-order valence-corrected chi connectivity index (χ2v) is 6.66. The molecule has 0 spiro atoms. The van der Waals surface area contributed by atoms with Gasteiger partial charge in [0.15, 0.2) is 0 Å². The summed E-state index contributed by atoms with van der Waals surface area (Å²) in [5.41, 5.74) is 5.53. The van der Waals surface area contributed by atoms with Gasteiger partial charge in [0, 0.05) is 26.2 Å². The Hall–Kier alpha value is -2.77. The van der Waals surface area contributed by atoms with Crippen molar-refractivity contribution in [2.45, 2.75) is 31.4 Å². The first-order valence-corrected chi connectivity index (χ1v) is 8.84. The number of likely N-dealkylation sites (tertiary alicyclic amines) is 1. The summed E-state index contributed by atoms with van der Waals surface area (Å²) in [6, 6.07) is 9.17. The quantitative estimate of drug-likeness (QED) is 0.837. The molecule has 1 aromatic carbocycles. The van der Waals surface area contributed by atoms with E-state index in [4.69, 9.17) is 10.5 Å². The van der Waals surface area contributed by atoms with Gasteiger partial charge in [-0.3, -0.25) is 4.79 Å². The van der Waals surface area contributed by atoms with Gasteiger partial charge in [-0.2, -0.15) is 0 Å². The largest absolute Gasteiger partial charge is 0.445 e. The average Bonchev–Trinajstić information content (AvgIpc) is 2.67. The molecule has 2 aliphatic heterocycles. The first kappa shape index (κ1) is 18.0. The Kier molecular flexibility index (Phi) is 5.29. The molecule has 0 atom stereocenters. The summed E-state index contributed by atoms with van der Waals surface area (Å²) in [5, 5.41) is 2.76. The van der Waals surface area contributed by atoms with E-state index in [1.807, 2.05) is 30.3 Å². The van der Waals surface area contributed by atoms with Crippen molar-refractivity contribution in [1.82, 2.24) is 15.1 Å². The maximum absolute atomic E-state index is 12.3. The van der Waals surface area contributed by atoms with Crippen molar-refractivity contribution in [3.05, 3.63) is 35.9 Å². The van der Waals surface area contributed by atoms with Crippen molar-refractivity contribution >= 4 is 18.0 Å². The second-order valence-electron chi connectivity index (χ2n) is 6.66. The average molecular weight is 360 g/mol. The summed E-state index contributed by atoms with van der Waals surface area (Å²) in [6.45, 7) is 1.93. The van der Waals surface area contributed by atoms with Crippen LogP contribution in [0.25, 0.3) is 0 Å². The van der Waals surface area contributed by atoms with Crippen molar-refractivity contribution in [3.63, 3.8) is 0 Å². The highest BCUT2D eigenvalue weighted by Gasteiger charge is 2.48. The van der Waals surface area contributed by atoms with Gasteiger partial charge in [0.05, 0.1) is 0 Å². The number of benzene rings is 1. The molecule has 2 aliphatic rings. The Morgan fingerprint density at radius 1 is 1.15 bits per heavy atom. The van der Waals surface area contributed by atoms with E-state index in [0.29, 0.717) is 39.0 Å². The Morgan fingerprint density at radius 3 is 2.46 bits per heavy atom. The monoisotopic (exact) mass is 360 g/mol. The fourth-order valence-corrected chi connectivity index (χ4v) is 3.56. The van der Waals surface area contributed by atoms with Crippen molar-refractivity contribution in [2.24, 2.45) is 5.73 Å². The van der Waals surface area contributed by atoms with Crippen LogP contribution in [0.5, 0.6) is 0 Å². The zero-order valence-electron chi connectivity index (χ0n) is 14.6. The molecular weight excluding hydrogens is 336 g/mol. The van der Waals surface area contributed by atoms with E-state index in [-0.39, 0.29) is 12.6 Å². The summed E-state index contributed by atoms with van der Waals surface area (Å²) < 4.78 is 5.34. The molecule has 8 nitrogen and oxygen atoms in total. The smallest absolute Gasteiger partial charge is 0.410 e. The normalized spacial score (nSPS) is 19.6. The van der Waals surface area contributed by atoms with Crippen LogP contribution >= 0.6 is 0 Å². The Balaban J connectivity index is 1.60. The Morgan fingerprint density at radius 2 is 1.85 bits per heavy atom. The molecule has 140 valence electrons. The van der Waals surface area contributed by atoms with Crippen molar-refractivity contribution in [3.8, 4) is 0 Å². The lowest BCUT2D eigenvalue weighted by Gasteiger charge is -2.47. The SMILES string of the molecule is NC(=O)C1(N2CCCNC2=O)CCN(C(=O)OCc2ccccc2)CC1. The fraction of sp³-hybridized carbons (Fsp3) is 0.500. The highest BCUT2D eigenvalue weighted by atomic mass is 16.6. The number of nitrogens with zero attached hydrogens (tertiary/aromatic N) is 2. The predicted molar refractivity (Wildman–Crippen MR) is 94.1 cm³/mol. The summed E-state index contributed by atoms with van der Waals surface area (Å²) >= 11 is 0. The lowest BCUT2D eigenvalue weighted by molar-refractivity contribution is -0.131. The van der Waals surface area contributed by atoms with Gasteiger partial charge in [-0.1, -0.05) is 30.3 Å². The number of nitrogens with one attached hydrogen (secondary N) is 1. The molecule has 3 N–H and O–H groups in total. The van der Waals surface area contributed by atoms with Crippen LogP contribution in [0.1, 0.15) is 24.8 Å². The van der Waals surface area contributed by atoms with Gasteiger partial charge in [-0.25, -0.2) is 9.59 Å². The Labute approximate surface area is 152 Å². The highest BCUT2D eigenvalue weighted by molar-refractivity contribution is 5.90. The molecule has 0 radical (unpaired) electrons. The summed E-state index contributed by atoms with van der Waals surface area (Å²) in [6.07, 6.45) is 0.978. The lowest BCUT2D eigenvalue weighted by Crippen LogP contribution is -2.67. The van der Waals surface area contributed by atoms with Crippen LogP contribution in [0, 0.1) is 0 Å². The van der Waals surface area contributed by atoms with Crippen LogP contribution < -0.4 is 11.1 Å². The number of primary amides is 1. The molecule has 8 heteroatoms. The van der Waals surface area contributed by atoms with Crippen LogP contribution in [0.4, 0.5) is 9.59 Å². The maximum atomic E-state index is 12.3. The van der Waals surface area contributed by atoms with Crippen LogP contribution in [0.3, 0.4) is 0 Å². The minimum absolute atomic E-state index is 0.200. The summed E-state index contributed by atoms with van der Waals surface area (Å²) in [7, 11) is 0. The third-order valence-electron chi connectivity index (χ3n) is 5.11. The van der Waals surface area contributed by atoms with Crippen LogP contribution in [-0.2, 0) is 16.1 Å². The molecule has 0 saturated carbocycles. The maximum Gasteiger partial charge on any atom is 0.410 e. The van der Waals surface area contributed by atoms with E-state index in [1.165, 1.54) is 4.90 Å². The minimum Gasteiger partial charge on any atom is -0.445 e. The van der Waals surface area contributed by atoms with Crippen LogP contribution in [0.15, 0.2) is 30.3 Å². The van der Waals surface area contributed by atoms with E-state index in [9.17, 15) is 14.4 Å². The molecule has 1 aromatic rings. The van der Waals surface area contributed by atoms with Gasteiger partial charge in [0.2, 0.25) is 5.91 Å². The highest BCUT2D eigenvalue weighted by Crippen LogP contribution is 2.30. The topological polar surface area (TPSA) is 105 Å².